The van der Waals surface area contributed by atoms with Gasteiger partial charge in [0, 0.05) is 24.8 Å². The Morgan fingerprint density at radius 3 is 2.17 bits per heavy atom. The minimum atomic E-state index is -1.22. The van der Waals surface area contributed by atoms with E-state index in [2.05, 4.69) is 17.2 Å². The Balaban J connectivity index is 1.72. The molecule has 0 aromatic heterocycles. The predicted molar refractivity (Wildman–Crippen MR) is 188 cm³/mol. The van der Waals surface area contributed by atoms with Crippen molar-refractivity contribution in [2.24, 2.45) is 0 Å². The number of benzene rings is 3. The molecule has 7 heteroatoms. The molecule has 2 amide bonds. The third kappa shape index (κ3) is 12.1. The molecular weight excluding hydrogens is 574 g/mol. The van der Waals surface area contributed by atoms with Crippen molar-refractivity contribution in [3.8, 4) is 5.75 Å². The van der Waals surface area contributed by atoms with Crippen LogP contribution < -0.4 is 20.3 Å². The van der Waals surface area contributed by atoms with Gasteiger partial charge in [0.15, 0.2) is 6.61 Å². The summed E-state index contributed by atoms with van der Waals surface area (Å²) in [7, 11) is 1.85. The molecular formula is C39H49N3O4. The molecule has 0 aliphatic rings. The average Bonchev–Trinajstić information content (AvgIpc) is 3.05. The largest absolute Gasteiger partial charge is 0.483 e. The lowest BCUT2D eigenvalue weighted by atomic mass is 9.95. The van der Waals surface area contributed by atoms with E-state index in [0.29, 0.717) is 25.7 Å². The van der Waals surface area contributed by atoms with Crippen molar-refractivity contribution in [3.05, 3.63) is 132 Å². The molecule has 0 saturated heterocycles. The number of aliphatic hydroxyl groups excluding tert-OH is 1. The van der Waals surface area contributed by atoms with Crippen molar-refractivity contribution in [2.45, 2.75) is 64.6 Å². The first-order valence-electron chi connectivity index (χ1n) is 15.9. The second-order valence-corrected chi connectivity index (χ2v) is 11.6. The number of amides is 2. The number of carbonyl (C=O) groups excluding carboxylic acids is 2. The fourth-order valence-corrected chi connectivity index (χ4v) is 5.37. The molecule has 0 aliphatic carbocycles. The van der Waals surface area contributed by atoms with Crippen LogP contribution in [0.15, 0.2) is 115 Å². The highest BCUT2D eigenvalue weighted by molar-refractivity contribution is 5.81. The number of aliphatic hydroxyl groups is 1. The Morgan fingerprint density at radius 1 is 0.913 bits per heavy atom. The summed E-state index contributed by atoms with van der Waals surface area (Å²) in [5, 5.41) is 17.1. The number of carbonyl (C=O) groups is 2. The molecule has 3 atom stereocenters. The SMILES string of the molecule is C=C/C=C\C(=C/C)CC(CCC(Cc1ccccc1)NC(=O)COc1c(C)cccc1C)NC(=O)C(O)CN(C)c1ccccc1. The van der Waals surface area contributed by atoms with E-state index in [1.165, 1.54) is 0 Å². The van der Waals surface area contributed by atoms with Crippen LogP contribution in [-0.4, -0.2) is 55.3 Å². The van der Waals surface area contributed by atoms with Gasteiger partial charge in [-0.3, -0.25) is 9.59 Å². The Hall–Kier alpha value is -4.62. The smallest absolute Gasteiger partial charge is 0.258 e. The van der Waals surface area contributed by atoms with Crippen LogP contribution >= 0.6 is 0 Å². The minimum Gasteiger partial charge on any atom is -0.483 e. The van der Waals surface area contributed by atoms with Crippen molar-refractivity contribution in [1.82, 2.24) is 10.6 Å². The molecule has 46 heavy (non-hydrogen) atoms. The first kappa shape index (κ1) is 35.9. The molecule has 244 valence electrons. The molecule has 0 bridgehead atoms. The topological polar surface area (TPSA) is 90.9 Å². The van der Waals surface area contributed by atoms with Gasteiger partial charge in [0.2, 0.25) is 0 Å². The van der Waals surface area contributed by atoms with Crippen molar-refractivity contribution >= 4 is 17.5 Å². The standard InChI is InChI=1S/C39H49N3O4/c1-6-8-18-31(7-2)25-34(41-39(45)36(43)27-42(5)35-21-13-10-14-22-35)24-23-33(26-32-19-11-9-12-20-32)40-37(44)28-46-38-29(3)16-15-17-30(38)4/h6-22,33-34,36,43H,1,23-28H2,2-5H3,(H,40,44)(H,41,45)/b18-8-,31-7+. The van der Waals surface area contributed by atoms with E-state index in [4.69, 9.17) is 4.74 Å². The first-order valence-corrected chi connectivity index (χ1v) is 15.9. The van der Waals surface area contributed by atoms with E-state index in [9.17, 15) is 14.7 Å². The molecule has 0 heterocycles. The number of aryl methyl sites for hydroxylation is 2. The van der Waals surface area contributed by atoms with Crippen LogP contribution in [0.2, 0.25) is 0 Å². The lowest BCUT2D eigenvalue weighted by molar-refractivity contribution is -0.129. The number of ether oxygens (including phenoxy) is 1. The van der Waals surface area contributed by atoms with Crippen molar-refractivity contribution < 1.29 is 19.4 Å². The van der Waals surface area contributed by atoms with Crippen LogP contribution in [0.3, 0.4) is 0 Å². The zero-order chi connectivity index (χ0) is 33.3. The lowest BCUT2D eigenvalue weighted by Crippen LogP contribution is -2.47. The molecule has 3 N–H and O–H groups in total. The maximum Gasteiger partial charge on any atom is 0.258 e. The second kappa shape index (κ2) is 19.0. The van der Waals surface area contributed by atoms with Gasteiger partial charge in [-0.1, -0.05) is 103 Å². The van der Waals surface area contributed by atoms with Crippen LogP contribution in [0.4, 0.5) is 5.69 Å². The van der Waals surface area contributed by atoms with Crippen molar-refractivity contribution in [1.29, 1.82) is 0 Å². The quantitative estimate of drug-likeness (QED) is 0.146. The maximum atomic E-state index is 13.3. The molecule has 3 aromatic carbocycles. The summed E-state index contributed by atoms with van der Waals surface area (Å²) in [6, 6.07) is 25.1. The van der Waals surface area contributed by atoms with Crippen LogP contribution in [0.1, 0.15) is 42.9 Å². The van der Waals surface area contributed by atoms with E-state index >= 15 is 0 Å². The lowest BCUT2D eigenvalue weighted by Gasteiger charge is -2.26. The zero-order valence-corrected chi connectivity index (χ0v) is 27.6. The van der Waals surface area contributed by atoms with Gasteiger partial charge in [-0.25, -0.2) is 0 Å². The molecule has 3 aromatic rings. The summed E-state index contributed by atoms with van der Waals surface area (Å²) in [5.74, 6) is 0.0937. The highest BCUT2D eigenvalue weighted by atomic mass is 16.5. The number of nitrogens with zero attached hydrogens (tertiary/aromatic N) is 1. The third-order valence-electron chi connectivity index (χ3n) is 7.90. The highest BCUT2D eigenvalue weighted by Crippen LogP contribution is 2.22. The highest BCUT2D eigenvalue weighted by Gasteiger charge is 2.23. The molecule has 7 nitrogen and oxygen atoms in total. The molecule has 0 spiro atoms. The van der Waals surface area contributed by atoms with E-state index in [-0.39, 0.29) is 31.1 Å². The number of nitrogens with one attached hydrogen (secondary N) is 2. The minimum absolute atomic E-state index is 0.0899. The molecule has 0 aliphatic heterocycles. The number of anilines is 1. The van der Waals surface area contributed by atoms with Gasteiger partial charge in [-0.05, 0) is 75.3 Å². The van der Waals surface area contributed by atoms with Crippen LogP contribution in [0.25, 0.3) is 0 Å². The van der Waals surface area contributed by atoms with E-state index in [1.54, 1.807) is 6.08 Å². The first-order chi connectivity index (χ1) is 22.2. The van der Waals surface area contributed by atoms with Gasteiger partial charge < -0.3 is 25.4 Å². The number of hydrogen-bond acceptors (Lipinski definition) is 5. The number of allylic oxidation sites excluding steroid dienone is 4. The number of likely N-dealkylation sites (N-methyl/N-ethyl adjacent to an activating group) is 1. The van der Waals surface area contributed by atoms with Gasteiger partial charge in [0.1, 0.15) is 11.9 Å². The normalized spacial score (nSPS) is 13.5. The van der Waals surface area contributed by atoms with E-state index in [1.807, 2.05) is 130 Å². The summed E-state index contributed by atoms with van der Waals surface area (Å²) >= 11 is 0. The Kier molecular flexibility index (Phi) is 14.8. The van der Waals surface area contributed by atoms with Gasteiger partial charge >= 0.3 is 0 Å². The Labute approximate surface area is 274 Å². The fraction of sp³-hybridized carbons (Fsp3) is 0.333. The molecule has 0 saturated carbocycles. The summed E-state index contributed by atoms with van der Waals surface area (Å²) in [6.07, 6.45) is 8.74. The Bertz CT molecular complexity index is 1430. The van der Waals surface area contributed by atoms with E-state index < -0.39 is 12.0 Å². The average molecular weight is 624 g/mol. The van der Waals surface area contributed by atoms with Gasteiger partial charge in [0.05, 0.1) is 6.54 Å². The molecule has 0 fully saturated rings. The summed E-state index contributed by atoms with van der Waals surface area (Å²) in [5.41, 5.74) is 5.01. The van der Waals surface area contributed by atoms with Gasteiger partial charge in [0.25, 0.3) is 11.8 Å². The van der Waals surface area contributed by atoms with Crippen molar-refractivity contribution in [3.63, 3.8) is 0 Å². The van der Waals surface area contributed by atoms with Gasteiger partial charge in [-0.15, -0.1) is 0 Å². The van der Waals surface area contributed by atoms with E-state index in [0.717, 1.165) is 33.7 Å². The molecule has 0 radical (unpaired) electrons. The molecule has 3 unspecified atom stereocenters. The third-order valence-corrected chi connectivity index (χ3v) is 7.90. The summed E-state index contributed by atoms with van der Waals surface area (Å²) in [4.78, 5) is 28.3. The van der Waals surface area contributed by atoms with Crippen LogP contribution in [-0.2, 0) is 16.0 Å². The maximum absolute atomic E-state index is 13.3. The number of rotatable bonds is 18. The monoisotopic (exact) mass is 623 g/mol. The number of hydrogen-bond donors (Lipinski definition) is 3. The predicted octanol–water partition coefficient (Wildman–Crippen LogP) is 6.25. The van der Waals surface area contributed by atoms with Crippen molar-refractivity contribution in [2.75, 3.05) is 25.1 Å². The van der Waals surface area contributed by atoms with Crippen LogP contribution in [0, 0.1) is 13.8 Å². The summed E-state index contributed by atoms with van der Waals surface area (Å²) in [6.45, 7) is 9.72. The summed E-state index contributed by atoms with van der Waals surface area (Å²) < 4.78 is 5.93. The molecule has 3 rings (SSSR count). The second-order valence-electron chi connectivity index (χ2n) is 11.6. The Morgan fingerprint density at radius 2 is 1.54 bits per heavy atom. The van der Waals surface area contributed by atoms with Gasteiger partial charge in [-0.2, -0.15) is 0 Å². The number of para-hydroxylation sites is 2. The fourth-order valence-electron chi connectivity index (χ4n) is 5.37. The zero-order valence-electron chi connectivity index (χ0n) is 27.6. The van der Waals surface area contributed by atoms with Crippen LogP contribution in [0.5, 0.6) is 5.75 Å².